The first-order valence-electron chi connectivity index (χ1n) is 6.56. The van der Waals surface area contributed by atoms with E-state index in [4.69, 9.17) is 0 Å². The highest BCUT2D eigenvalue weighted by Gasteiger charge is 2.22. The Kier molecular flexibility index (Phi) is 5.14. The van der Waals surface area contributed by atoms with Crippen LogP contribution in [0.1, 0.15) is 6.92 Å². The maximum Gasteiger partial charge on any atom is 0.250 e. The highest BCUT2D eigenvalue weighted by atomic mass is 32.2. The van der Waals surface area contributed by atoms with Gasteiger partial charge in [0.15, 0.2) is 0 Å². The molecule has 1 N–H and O–H groups in total. The van der Waals surface area contributed by atoms with E-state index in [-0.39, 0.29) is 16.7 Å². The van der Waals surface area contributed by atoms with Gasteiger partial charge in [0.05, 0.1) is 6.54 Å². The predicted octanol–water partition coefficient (Wildman–Crippen LogP) is 0.190. The number of sulfonamides is 1. The van der Waals surface area contributed by atoms with Crippen molar-refractivity contribution in [2.24, 2.45) is 0 Å². The van der Waals surface area contributed by atoms with Crippen molar-refractivity contribution in [3.63, 3.8) is 0 Å². The lowest BCUT2D eigenvalue weighted by atomic mass is 10.3. The van der Waals surface area contributed by atoms with Gasteiger partial charge in [-0.05, 0) is 18.0 Å². The molecular weight excluding hydrogens is 298 g/mol. The molecule has 0 atom stereocenters. The van der Waals surface area contributed by atoms with E-state index in [9.17, 15) is 13.2 Å². The van der Waals surface area contributed by atoms with Crippen LogP contribution in [0.2, 0.25) is 0 Å². The number of hydrogen-bond donors (Lipinski definition) is 1. The number of amides is 1. The lowest BCUT2D eigenvalue weighted by Crippen LogP contribution is -2.50. The molecule has 1 saturated heterocycles. The van der Waals surface area contributed by atoms with Crippen molar-refractivity contribution in [2.45, 2.75) is 11.1 Å². The maximum absolute atomic E-state index is 12.0. The molecule has 2 heterocycles. The highest BCUT2D eigenvalue weighted by molar-refractivity contribution is 7.91. The van der Waals surface area contributed by atoms with Gasteiger partial charge in [-0.3, -0.25) is 4.79 Å². The summed E-state index contributed by atoms with van der Waals surface area (Å²) in [4.78, 5) is 16.0. The Labute approximate surface area is 123 Å². The van der Waals surface area contributed by atoms with Gasteiger partial charge in [0.1, 0.15) is 4.21 Å². The summed E-state index contributed by atoms with van der Waals surface area (Å²) in [6.45, 7) is 5.91. The number of nitrogens with zero attached hydrogens (tertiary/aromatic N) is 2. The number of carbonyl (C=O) groups excluding carboxylic acids is 1. The second kappa shape index (κ2) is 6.66. The molecule has 0 aromatic carbocycles. The van der Waals surface area contributed by atoms with Gasteiger partial charge in [-0.25, -0.2) is 13.1 Å². The third-order valence-corrected chi connectivity index (χ3v) is 6.14. The van der Waals surface area contributed by atoms with Gasteiger partial charge in [-0.2, -0.15) is 0 Å². The van der Waals surface area contributed by atoms with Crippen molar-refractivity contribution in [2.75, 3.05) is 39.3 Å². The molecule has 112 valence electrons. The predicted molar refractivity (Wildman–Crippen MR) is 78.2 cm³/mol. The molecule has 0 saturated carbocycles. The van der Waals surface area contributed by atoms with Crippen LogP contribution in [0.5, 0.6) is 0 Å². The molecule has 6 nitrogen and oxygen atoms in total. The molecule has 1 aliphatic rings. The van der Waals surface area contributed by atoms with Crippen LogP contribution in [0, 0.1) is 0 Å². The van der Waals surface area contributed by atoms with Gasteiger partial charge < -0.3 is 9.80 Å². The van der Waals surface area contributed by atoms with Crippen LogP contribution in [-0.4, -0.2) is 63.4 Å². The van der Waals surface area contributed by atoms with E-state index in [0.717, 1.165) is 31.0 Å². The van der Waals surface area contributed by atoms with Gasteiger partial charge in [0.2, 0.25) is 5.91 Å². The molecular formula is C12H19N3O3S2. The van der Waals surface area contributed by atoms with Crippen LogP contribution < -0.4 is 4.72 Å². The molecule has 1 amide bonds. The molecule has 1 aromatic rings. The fraction of sp³-hybridized carbons (Fsp3) is 0.583. The zero-order valence-corrected chi connectivity index (χ0v) is 13.0. The average Bonchev–Trinajstić information content (AvgIpc) is 3.00. The maximum atomic E-state index is 12.0. The number of piperazine rings is 1. The van der Waals surface area contributed by atoms with Crippen molar-refractivity contribution in [3.05, 3.63) is 17.5 Å². The van der Waals surface area contributed by atoms with E-state index in [1.807, 2.05) is 0 Å². The molecule has 20 heavy (non-hydrogen) atoms. The summed E-state index contributed by atoms with van der Waals surface area (Å²) >= 11 is 1.14. The Morgan fingerprint density at radius 1 is 1.35 bits per heavy atom. The Hall–Kier alpha value is -0.960. The summed E-state index contributed by atoms with van der Waals surface area (Å²) in [7, 11) is -3.56. The normalized spacial score (nSPS) is 17.4. The fourth-order valence-corrected chi connectivity index (χ4v) is 4.08. The summed E-state index contributed by atoms with van der Waals surface area (Å²) in [5.41, 5.74) is 0. The van der Waals surface area contributed by atoms with Crippen molar-refractivity contribution in [1.82, 2.24) is 14.5 Å². The summed E-state index contributed by atoms with van der Waals surface area (Å²) in [6, 6.07) is 3.20. The molecule has 1 fully saturated rings. The van der Waals surface area contributed by atoms with Crippen LogP contribution in [0.25, 0.3) is 0 Å². The molecule has 1 aliphatic heterocycles. The molecule has 0 unspecified atom stereocenters. The molecule has 0 aliphatic carbocycles. The lowest BCUT2D eigenvalue weighted by molar-refractivity contribution is -0.131. The Balaban J connectivity index is 1.84. The van der Waals surface area contributed by atoms with Crippen molar-refractivity contribution < 1.29 is 13.2 Å². The van der Waals surface area contributed by atoms with Crippen LogP contribution in [-0.2, 0) is 14.8 Å². The minimum absolute atomic E-state index is 0.166. The van der Waals surface area contributed by atoms with Crippen LogP contribution in [0.4, 0.5) is 0 Å². The second-order valence-electron chi connectivity index (χ2n) is 4.57. The number of nitrogens with one attached hydrogen (secondary N) is 1. The van der Waals surface area contributed by atoms with Gasteiger partial charge in [-0.1, -0.05) is 13.0 Å². The van der Waals surface area contributed by atoms with Crippen LogP contribution in [0.15, 0.2) is 21.7 Å². The standard InChI is InChI=1S/C12H19N3O3S2/c1-2-14-5-7-15(8-6-14)11(16)10-13-20(17,18)12-4-3-9-19-12/h3-4,9,13H,2,5-8,10H2,1H3. The van der Waals surface area contributed by atoms with Gasteiger partial charge in [0, 0.05) is 26.2 Å². The first-order chi connectivity index (χ1) is 9.53. The van der Waals surface area contributed by atoms with E-state index >= 15 is 0 Å². The second-order valence-corrected chi connectivity index (χ2v) is 7.51. The zero-order valence-electron chi connectivity index (χ0n) is 11.4. The number of thiophene rings is 1. The summed E-state index contributed by atoms with van der Waals surface area (Å²) < 4.78 is 26.4. The number of carbonyl (C=O) groups is 1. The monoisotopic (exact) mass is 317 g/mol. The molecule has 2 rings (SSSR count). The Morgan fingerprint density at radius 3 is 2.60 bits per heavy atom. The largest absolute Gasteiger partial charge is 0.339 e. The highest BCUT2D eigenvalue weighted by Crippen LogP contribution is 2.15. The van der Waals surface area contributed by atoms with Crippen molar-refractivity contribution in [1.29, 1.82) is 0 Å². The topological polar surface area (TPSA) is 69.7 Å². The zero-order chi connectivity index (χ0) is 14.6. The minimum atomic E-state index is -3.56. The van der Waals surface area contributed by atoms with E-state index in [1.165, 1.54) is 6.07 Å². The van der Waals surface area contributed by atoms with Gasteiger partial charge >= 0.3 is 0 Å². The van der Waals surface area contributed by atoms with E-state index in [2.05, 4.69) is 16.5 Å². The first kappa shape index (κ1) is 15.4. The Bertz CT molecular complexity index is 534. The third-order valence-electron chi connectivity index (χ3n) is 3.35. The molecule has 1 aromatic heterocycles. The molecule has 8 heteroatoms. The minimum Gasteiger partial charge on any atom is -0.339 e. The van der Waals surface area contributed by atoms with E-state index in [1.54, 1.807) is 16.3 Å². The number of rotatable bonds is 5. The van der Waals surface area contributed by atoms with Crippen molar-refractivity contribution in [3.8, 4) is 0 Å². The molecule has 0 bridgehead atoms. The Morgan fingerprint density at radius 2 is 2.05 bits per heavy atom. The lowest BCUT2D eigenvalue weighted by Gasteiger charge is -2.34. The summed E-state index contributed by atoms with van der Waals surface area (Å²) in [5.74, 6) is -0.166. The number of hydrogen-bond acceptors (Lipinski definition) is 5. The smallest absolute Gasteiger partial charge is 0.250 e. The third kappa shape index (κ3) is 3.78. The first-order valence-corrected chi connectivity index (χ1v) is 8.92. The van der Waals surface area contributed by atoms with E-state index in [0.29, 0.717) is 13.1 Å². The summed E-state index contributed by atoms with van der Waals surface area (Å²) in [5, 5.41) is 1.69. The van der Waals surface area contributed by atoms with Crippen LogP contribution in [0.3, 0.4) is 0 Å². The van der Waals surface area contributed by atoms with Crippen LogP contribution >= 0.6 is 11.3 Å². The molecule has 0 spiro atoms. The number of likely N-dealkylation sites (N-methyl/N-ethyl adjacent to an activating group) is 1. The van der Waals surface area contributed by atoms with E-state index < -0.39 is 10.0 Å². The van der Waals surface area contributed by atoms with Crippen molar-refractivity contribution >= 4 is 27.3 Å². The SMILES string of the molecule is CCN1CCN(C(=O)CNS(=O)(=O)c2cccs2)CC1. The summed E-state index contributed by atoms with van der Waals surface area (Å²) in [6.07, 6.45) is 0. The average molecular weight is 317 g/mol. The van der Waals surface area contributed by atoms with Gasteiger partial charge in [0.25, 0.3) is 10.0 Å². The quantitative estimate of drug-likeness (QED) is 0.842. The van der Waals surface area contributed by atoms with Gasteiger partial charge in [-0.15, -0.1) is 11.3 Å². The fourth-order valence-electron chi connectivity index (χ4n) is 2.07. The molecule has 0 radical (unpaired) electrons.